The van der Waals surface area contributed by atoms with Crippen molar-refractivity contribution < 1.29 is 14.6 Å². The second-order valence-electron chi connectivity index (χ2n) is 7.46. The van der Waals surface area contributed by atoms with Gasteiger partial charge in [0.15, 0.2) is 0 Å². The average molecular weight is 412 g/mol. The first-order chi connectivity index (χ1) is 15.1. The van der Waals surface area contributed by atoms with E-state index in [1.807, 2.05) is 41.8 Å². The summed E-state index contributed by atoms with van der Waals surface area (Å²) >= 11 is 0. The Labute approximate surface area is 181 Å². The molecule has 4 aromatic rings. The number of carboxylic acids is 1. The van der Waals surface area contributed by atoms with Gasteiger partial charge in [-0.3, -0.25) is 0 Å². The SMILES string of the molecule is Cc1c(COCc2ccc(-c3ccccc3)cc2)ncn1Cc1ccc(C(=O)O)cc1. The fraction of sp³-hybridized carbons (Fsp3) is 0.154. The van der Waals surface area contributed by atoms with Crippen LogP contribution in [0.1, 0.15) is 32.9 Å². The maximum atomic E-state index is 11.0. The topological polar surface area (TPSA) is 64.4 Å². The molecule has 0 amide bonds. The monoisotopic (exact) mass is 412 g/mol. The van der Waals surface area contributed by atoms with Crippen LogP contribution in [0.3, 0.4) is 0 Å². The third-order valence-corrected chi connectivity index (χ3v) is 5.32. The summed E-state index contributed by atoms with van der Waals surface area (Å²) in [6.07, 6.45) is 1.80. The molecule has 0 atom stereocenters. The summed E-state index contributed by atoms with van der Waals surface area (Å²) in [5.41, 5.74) is 6.78. The third kappa shape index (κ3) is 5.08. The van der Waals surface area contributed by atoms with Crippen molar-refractivity contribution in [2.75, 3.05) is 0 Å². The lowest BCUT2D eigenvalue weighted by Gasteiger charge is -2.08. The smallest absolute Gasteiger partial charge is 0.335 e. The highest BCUT2D eigenvalue weighted by molar-refractivity contribution is 5.87. The summed E-state index contributed by atoms with van der Waals surface area (Å²) in [4.78, 5) is 15.5. The lowest BCUT2D eigenvalue weighted by Crippen LogP contribution is -2.03. The van der Waals surface area contributed by atoms with Crippen molar-refractivity contribution in [1.82, 2.24) is 9.55 Å². The van der Waals surface area contributed by atoms with Crippen molar-refractivity contribution in [3.05, 3.63) is 113 Å². The molecule has 0 fully saturated rings. The molecular weight excluding hydrogens is 388 g/mol. The van der Waals surface area contributed by atoms with Crippen molar-refractivity contribution in [3.63, 3.8) is 0 Å². The molecule has 0 bridgehead atoms. The number of imidazole rings is 1. The molecule has 0 aliphatic heterocycles. The largest absolute Gasteiger partial charge is 0.478 e. The van der Waals surface area contributed by atoms with E-state index in [0.29, 0.717) is 19.8 Å². The first-order valence-corrected chi connectivity index (χ1v) is 10.1. The molecule has 0 saturated carbocycles. The highest BCUT2D eigenvalue weighted by Gasteiger charge is 2.09. The summed E-state index contributed by atoms with van der Waals surface area (Å²) in [5.74, 6) is -0.917. The normalized spacial score (nSPS) is 10.9. The van der Waals surface area contributed by atoms with E-state index in [2.05, 4.69) is 41.4 Å². The Balaban J connectivity index is 1.32. The maximum Gasteiger partial charge on any atom is 0.335 e. The number of hydrogen-bond acceptors (Lipinski definition) is 3. The van der Waals surface area contributed by atoms with Crippen LogP contribution in [-0.4, -0.2) is 20.6 Å². The van der Waals surface area contributed by atoms with E-state index in [1.165, 1.54) is 11.1 Å². The molecule has 3 aromatic carbocycles. The van der Waals surface area contributed by atoms with Crippen molar-refractivity contribution in [1.29, 1.82) is 0 Å². The zero-order chi connectivity index (χ0) is 21.6. The molecule has 0 radical (unpaired) electrons. The molecule has 1 heterocycles. The molecule has 0 aliphatic rings. The molecule has 31 heavy (non-hydrogen) atoms. The number of aromatic carboxylic acids is 1. The number of ether oxygens (including phenoxy) is 1. The van der Waals surface area contributed by atoms with Crippen LogP contribution in [0.5, 0.6) is 0 Å². The van der Waals surface area contributed by atoms with Gasteiger partial charge in [-0.15, -0.1) is 0 Å². The fourth-order valence-corrected chi connectivity index (χ4v) is 3.43. The molecular formula is C26H24N2O3. The molecule has 0 spiro atoms. The van der Waals surface area contributed by atoms with Crippen molar-refractivity contribution >= 4 is 5.97 Å². The van der Waals surface area contributed by atoms with Gasteiger partial charge in [0.2, 0.25) is 0 Å². The summed E-state index contributed by atoms with van der Waals surface area (Å²) < 4.78 is 7.94. The first-order valence-electron chi connectivity index (χ1n) is 10.1. The molecule has 1 aromatic heterocycles. The van der Waals surface area contributed by atoms with E-state index in [0.717, 1.165) is 22.5 Å². The number of hydrogen-bond donors (Lipinski definition) is 1. The van der Waals surface area contributed by atoms with E-state index < -0.39 is 5.97 Å². The molecule has 1 N–H and O–H groups in total. The van der Waals surface area contributed by atoms with Crippen molar-refractivity contribution in [2.24, 2.45) is 0 Å². The van der Waals surface area contributed by atoms with E-state index in [1.54, 1.807) is 18.5 Å². The van der Waals surface area contributed by atoms with Gasteiger partial charge in [0.25, 0.3) is 0 Å². The minimum Gasteiger partial charge on any atom is -0.478 e. The summed E-state index contributed by atoms with van der Waals surface area (Å²) in [6, 6.07) is 25.6. The Kier molecular flexibility index (Phi) is 6.24. The van der Waals surface area contributed by atoms with Crippen LogP contribution in [0.25, 0.3) is 11.1 Å². The number of aromatic nitrogens is 2. The predicted molar refractivity (Wildman–Crippen MR) is 120 cm³/mol. The summed E-state index contributed by atoms with van der Waals surface area (Å²) in [5, 5.41) is 9.01. The van der Waals surface area contributed by atoms with Crippen LogP contribution < -0.4 is 0 Å². The Morgan fingerprint density at radius 1 is 0.871 bits per heavy atom. The van der Waals surface area contributed by atoms with Crippen LogP contribution in [0.4, 0.5) is 0 Å². The molecule has 156 valence electrons. The van der Waals surface area contributed by atoms with Gasteiger partial charge in [-0.1, -0.05) is 66.7 Å². The standard InChI is InChI=1S/C26H24N2O3/c1-19-25(27-18-28(19)15-20-7-13-24(14-8-20)26(29)30)17-31-16-21-9-11-23(12-10-21)22-5-3-2-4-6-22/h2-14,18H,15-17H2,1H3,(H,29,30). The second-order valence-corrected chi connectivity index (χ2v) is 7.46. The fourth-order valence-electron chi connectivity index (χ4n) is 3.43. The van der Waals surface area contributed by atoms with Gasteiger partial charge < -0.3 is 14.4 Å². The highest BCUT2D eigenvalue weighted by atomic mass is 16.5. The molecule has 0 unspecified atom stereocenters. The first kappa shape index (κ1) is 20.6. The molecule has 0 aliphatic carbocycles. The van der Waals surface area contributed by atoms with Crippen LogP contribution in [-0.2, 0) is 24.5 Å². The van der Waals surface area contributed by atoms with Gasteiger partial charge in [0.05, 0.1) is 30.8 Å². The minimum absolute atomic E-state index is 0.289. The number of nitrogens with zero attached hydrogens (tertiary/aromatic N) is 2. The Morgan fingerprint density at radius 3 is 2.19 bits per heavy atom. The number of benzene rings is 3. The Bertz CT molecular complexity index is 1150. The predicted octanol–water partition coefficient (Wildman–Crippen LogP) is 5.32. The van der Waals surface area contributed by atoms with Gasteiger partial charge in [-0.05, 0) is 41.3 Å². The van der Waals surface area contributed by atoms with Gasteiger partial charge in [0.1, 0.15) is 0 Å². The Hall–Kier alpha value is -3.70. The number of carbonyl (C=O) groups is 1. The van der Waals surface area contributed by atoms with Crippen LogP contribution in [0, 0.1) is 6.92 Å². The van der Waals surface area contributed by atoms with Gasteiger partial charge in [-0.25, -0.2) is 9.78 Å². The van der Waals surface area contributed by atoms with Crippen molar-refractivity contribution in [3.8, 4) is 11.1 Å². The van der Waals surface area contributed by atoms with E-state index >= 15 is 0 Å². The summed E-state index contributed by atoms with van der Waals surface area (Å²) in [6.45, 7) is 3.63. The zero-order valence-electron chi connectivity index (χ0n) is 17.4. The number of rotatable bonds is 8. The lowest BCUT2D eigenvalue weighted by molar-refractivity contribution is 0.0697. The highest BCUT2D eigenvalue weighted by Crippen LogP contribution is 2.20. The minimum atomic E-state index is -0.917. The van der Waals surface area contributed by atoms with Crippen LogP contribution in [0.15, 0.2) is 85.2 Å². The van der Waals surface area contributed by atoms with Crippen LogP contribution in [0.2, 0.25) is 0 Å². The quantitative estimate of drug-likeness (QED) is 0.425. The summed E-state index contributed by atoms with van der Waals surface area (Å²) in [7, 11) is 0. The van der Waals surface area contributed by atoms with E-state index in [4.69, 9.17) is 9.84 Å². The zero-order valence-corrected chi connectivity index (χ0v) is 17.4. The Morgan fingerprint density at radius 2 is 1.52 bits per heavy atom. The molecule has 5 heteroatoms. The maximum absolute atomic E-state index is 11.0. The average Bonchev–Trinajstić information content (AvgIpc) is 3.14. The molecule has 5 nitrogen and oxygen atoms in total. The van der Waals surface area contributed by atoms with Gasteiger partial charge in [0, 0.05) is 12.2 Å². The van der Waals surface area contributed by atoms with E-state index in [9.17, 15) is 4.79 Å². The molecule has 4 rings (SSSR count). The third-order valence-electron chi connectivity index (χ3n) is 5.32. The van der Waals surface area contributed by atoms with Gasteiger partial charge in [-0.2, -0.15) is 0 Å². The molecule has 0 saturated heterocycles. The van der Waals surface area contributed by atoms with E-state index in [-0.39, 0.29) is 5.56 Å². The van der Waals surface area contributed by atoms with Crippen LogP contribution >= 0.6 is 0 Å². The van der Waals surface area contributed by atoms with Crippen molar-refractivity contribution in [2.45, 2.75) is 26.7 Å². The second kappa shape index (κ2) is 9.41. The number of carboxylic acid groups (broad SMARTS) is 1. The van der Waals surface area contributed by atoms with Gasteiger partial charge >= 0.3 is 5.97 Å². The lowest BCUT2D eigenvalue weighted by atomic mass is 10.0.